The van der Waals surface area contributed by atoms with Crippen LogP contribution in [-0.2, 0) is 0 Å². The topological polar surface area (TPSA) is 66.9 Å². The maximum Gasteiger partial charge on any atom is 0.270 e. The highest BCUT2D eigenvalue weighted by molar-refractivity contribution is 5.93. The second-order valence-electron chi connectivity index (χ2n) is 6.92. The van der Waals surface area contributed by atoms with Crippen molar-refractivity contribution in [2.45, 2.75) is 58.9 Å². The summed E-state index contributed by atoms with van der Waals surface area (Å²) in [5.74, 6) is 1.12. The van der Waals surface area contributed by atoms with Gasteiger partial charge in [-0.1, -0.05) is 25.3 Å². The zero-order valence-corrected chi connectivity index (χ0v) is 15.2. The first kappa shape index (κ1) is 17.4. The van der Waals surface area contributed by atoms with Crippen LogP contribution in [-0.4, -0.2) is 21.9 Å². The van der Waals surface area contributed by atoms with Gasteiger partial charge in [0.1, 0.15) is 17.3 Å². The number of benzene rings is 1. The van der Waals surface area contributed by atoms with Gasteiger partial charge in [0, 0.05) is 17.8 Å². The molecule has 0 spiro atoms. The van der Waals surface area contributed by atoms with Gasteiger partial charge in [-0.25, -0.2) is 9.97 Å². The summed E-state index contributed by atoms with van der Waals surface area (Å²) in [5.41, 5.74) is 3.84. The lowest BCUT2D eigenvalue weighted by Gasteiger charge is -2.22. The van der Waals surface area contributed by atoms with Gasteiger partial charge in [0.25, 0.3) is 5.91 Å². The van der Waals surface area contributed by atoms with Gasteiger partial charge in [-0.05, 0) is 56.9 Å². The van der Waals surface area contributed by atoms with E-state index in [1.807, 2.05) is 13.0 Å². The van der Waals surface area contributed by atoms with Crippen LogP contribution in [0.15, 0.2) is 24.3 Å². The minimum atomic E-state index is -0.111. The Hall–Kier alpha value is -2.43. The van der Waals surface area contributed by atoms with Gasteiger partial charge in [-0.15, -0.1) is 0 Å². The molecule has 25 heavy (non-hydrogen) atoms. The summed E-state index contributed by atoms with van der Waals surface area (Å²) in [7, 11) is 0. The Labute approximate surface area is 149 Å². The molecule has 5 heteroatoms. The third-order valence-electron chi connectivity index (χ3n) is 4.79. The van der Waals surface area contributed by atoms with Gasteiger partial charge >= 0.3 is 0 Å². The lowest BCUT2D eigenvalue weighted by atomic mass is 9.95. The van der Waals surface area contributed by atoms with Crippen LogP contribution in [0.1, 0.15) is 59.5 Å². The van der Waals surface area contributed by atoms with Crippen molar-refractivity contribution in [2.75, 3.05) is 5.32 Å². The molecule has 1 aliphatic carbocycles. The van der Waals surface area contributed by atoms with E-state index in [0.717, 1.165) is 18.5 Å². The molecule has 1 aromatic heterocycles. The molecule has 2 aromatic rings. The molecule has 0 aliphatic heterocycles. The second kappa shape index (κ2) is 7.64. The molecule has 1 aliphatic rings. The molecule has 0 radical (unpaired) electrons. The first-order valence-corrected chi connectivity index (χ1v) is 9.02. The first-order chi connectivity index (χ1) is 12.0. The highest BCUT2D eigenvalue weighted by atomic mass is 16.1. The number of carbonyl (C=O) groups excluding carboxylic acids is 1. The summed E-state index contributed by atoms with van der Waals surface area (Å²) in [6.45, 7) is 5.97. The second-order valence-corrected chi connectivity index (χ2v) is 6.92. The lowest BCUT2D eigenvalue weighted by Crippen LogP contribution is -2.36. The molecule has 2 N–H and O–H groups in total. The van der Waals surface area contributed by atoms with Crippen molar-refractivity contribution in [1.29, 1.82) is 0 Å². The van der Waals surface area contributed by atoms with Gasteiger partial charge in [-0.2, -0.15) is 0 Å². The van der Waals surface area contributed by atoms with E-state index in [0.29, 0.717) is 17.3 Å². The van der Waals surface area contributed by atoms with Crippen molar-refractivity contribution in [2.24, 2.45) is 0 Å². The molecular formula is C20H26N4O. The molecule has 0 unspecified atom stereocenters. The molecular weight excluding hydrogens is 312 g/mol. The summed E-state index contributed by atoms with van der Waals surface area (Å²) in [4.78, 5) is 21.3. The number of hydrogen-bond donors (Lipinski definition) is 2. The molecule has 1 aromatic carbocycles. The van der Waals surface area contributed by atoms with E-state index in [1.54, 1.807) is 6.07 Å². The summed E-state index contributed by atoms with van der Waals surface area (Å²) in [5, 5.41) is 6.39. The fraction of sp³-hybridized carbons (Fsp3) is 0.450. The van der Waals surface area contributed by atoms with E-state index in [-0.39, 0.29) is 11.9 Å². The fourth-order valence-corrected chi connectivity index (χ4v) is 3.22. The van der Waals surface area contributed by atoms with Crippen molar-refractivity contribution in [3.05, 3.63) is 46.9 Å². The molecule has 1 heterocycles. The average molecular weight is 338 g/mol. The molecule has 3 rings (SSSR count). The summed E-state index contributed by atoms with van der Waals surface area (Å²) >= 11 is 0. The maximum absolute atomic E-state index is 12.5. The Morgan fingerprint density at radius 3 is 2.48 bits per heavy atom. The number of amides is 1. The quantitative estimate of drug-likeness (QED) is 0.876. The predicted molar refractivity (Wildman–Crippen MR) is 100 cm³/mol. The van der Waals surface area contributed by atoms with Gasteiger partial charge in [0.15, 0.2) is 0 Å². The van der Waals surface area contributed by atoms with Crippen LogP contribution in [0.25, 0.3) is 0 Å². The first-order valence-electron chi connectivity index (χ1n) is 9.02. The highest BCUT2D eigenvalue weighted by Crippen LogP contribution is 2.20. The number of nitrogens with one attached hydrogen (secondary N) is 2. The molecule has 132 valence electrons. The van der Waals surface area contributed by atoms with Crippen molar-refractivity contribution in [3.63, 3.8) is 0 Å². The monoisotopic (exact) mass is 338 g/mol. The number of carbonyl (C=O) groups is 1. The fourth-order valence-electron chi connectivity index (χ4n) is 3.22. The number of nitrogens with zero attached hydrogens (tertiary/aromatic N) is 2. The van der Waals surface area contributed by atoms with Gasteiger partial charge in [0.05, 0.1) is 0 Å². The average Bonchev–Trinajstić information content (AvgIpc) is 2.58. The van der Waals surface area contributed by atoms with Crippen molar-refractivity contribution in [1.82, 2.24) is 15.3 Å². The number of rotatable bonds is 4. The van der Waals surface area contributed by atoms with Crippen LogP contribution < -0.4 is 10.6 Å². The number of aromatic nitrogens is 2. The molecule has 0 atom stereocenters. The van der Waals surface area contributed by atoms with Crippen LogP contribution in [0.5, 0.6) is 0 Å². The Bertz CT molecular complexity index is 766. The normalized spacial score (nSPS) is 15.0. The molecule has 0 saturated heterocycles. The SMILES string of the molecule is Cc1nc(Nc2ccc(C)c(C)c2)cc(C(=O)NC2CCCCC2)n1. The zero-order valence-electron chi connectivity index (χ0n) is 15.2. The number of aryl methyl sites for hydroxylation is 3. The van der Waals surface area contributed by atoms with Gasteiger partial charge < -0.3 is 10.6 Å². The smallest absolute Gasteiger partial charge is 0.270 e. The molecule has 0 bridgehead atoms. The molecule has 1 fully saturated rings. The Morgan fingerprint density at radius 2 is 1.76 bits per heavy atom. The Kier molecular flexibility index (Phi) is 5.31. The number of anilines is 2. The van der Waals surface area contributed by atoms with Crippen molar-refractivity contribution < 1.29 is 4.79 Å². The summed E-state index contributed by atoms with van der Waals surface area (Å²) in [6, 6.07) is 8.16. The van der Waals surface area contributed by atoms with E-state index in [1.165, 1.54) is 30.4 Å². The standard InChI is InChI=1S/C20H26N4O/c1-13-9-10-17(11-14(13)2)23-19-12-18(21-15(3)22-19)20(25)24-16-7-5-4-6-8-16/h9-12,16H,4-8H2,1-3H3,(H,24,25)(H,21,22,23). The van der Waals surface area contributed by atoms with Gasteiger partial charge in [0.2, 0.25) is 0 Å². The predicted octanol–water partition coefficient (Wildman–Crippen LogP) is 4.21. The molecule has 1 amide bonds. The van der Waals surface area contributed by atoms with Crippen LogP contribution in [0.4, 0.5) is 11.5 Å². The van der Waals surface area contributed by atoms with E-state index in [9.17, 15) is 4.79 Å². The number of hydrogen-bond acceptors (Lipinski definition) is 4. The van der Waals surface area contributed by atoms with E-state index >= 15 is 0 Å². The summed E-state index contributed by atoms with van der Waals surface area (Å²) < 4.78 is 0. The highest BCUT2D eigenvalue weighted by Gasteiger charge is 2.18. The third-order valence-corrected chi connectivity index (χ3v) is 4.79. The van der Waals surface area contributed by atoms with Crippen LogP contribution in [0.3, 0.4) is 0 Å². The Balaban J connectivity index is 1.75. The van der Waals surface area contributed by atoms with Crippen LogP contribution in [0.2, 0.25) is 0 Å². The maximum atomic E-state index is 12.5. The minimum Gasteiger partial charge on any atom is -0.348 e. The summed E-state index contributed by atoms with van der Waals surface area (Å²) in [6.07, 6.45) is 5.76. The molecule has 1 saturated carbocycles. The zero-order chi connectivity index (χ0) is 17.8. The Morgan fingerprint density at radius 1 is 1.00 bits per heavy atom. The van der Waals surface area contributed by atoms with Crippen molar-refractivity contribution in [3.8, 4) is 0 Å². The largest absolute Gasteiger partial charge is 0.348 e. The van der Waals surface area contributed by atoms with Crippen LogP contribution in [0, 0.1) is 20.8 Å². The molecule has 5 nitrogen and oxygen atoms in total. The minimum absolute atomic E-state index is 0.111. The van der Waals surface area contributed by atoms with Crippen molar-refractivity contribution >= 4 is 17.4 Å². The van der Waals surface area contributed by atoms with Gasteiger partial charge in [-0.3, -0.25) is 4.79 Å². The van der Waals surface area contributed by atoms with E-state index in [2.05, 4.69) is 46.6 Å². The van der Waals surface area contributed by atoms with E-state index in [4.69, 9.17) is 0 Å². The van der Waals surface area contributed by atoms with Crippen LogP contribution >= 0.6 is 0 Å². The van der Waals surface area contributed by atoms with E-state index < -0.39 is 0 Å². The third kappa shape index (κ3) is 4.56. The lowest BCUT2D eigenvalue weighted by molar-refractivity contribution is 0.0922.